The molecule has 1 N–H and O–H groups in total. The topological polar surface area (TPSA) is 24.5 Å². The summed E-state index contributed by atoms with van der Waals surface area (Å²) in [6.45, 7) is 6.32. The third-order valence-corrected chi connectivity index (χ3v) is 3.62. The zero-order chi connectivity index (χ0) is 12.3. The molecule has 1 fully saturated rings. The van der Waals surface area contributed by atoms with E-state index in [1.165, 1.54) is 5.56 Å². The highest BCUT2D eigenvalue weighted by atomic mass is 35.5. The lowest BCUT2D eigenvalue weighted by molar-refractivity contribution is 0.165. The molecular weight excluding hydrogens is 271 g/mol. The van der Waals surface area contributed by atoms with Gasteiger partial charge in [0.15, 0.2) is 0 Å². The monoisotopic (exact) mass is 290 g/mol. The van der Waals surface area contributed by atoms with Gasteiger partial charge in [0.1, 0.15) is 5.75 Å². The first kappa shape index (κ1) is 15.6. The maximum Gasteiger partial charge on any atom is 0.120 e. The van der Waals surface area contributed by atoms with Crippen molar-refractivity contribution in [3.8, 4) is 5.75 Å². The van der Waals surface area contributed by atoms with Crippen LogP contribution in [-0.2, 0) is 6.54 Å². The number of halogens is 2. The Hall–Kier alpha value is -0.480. The Morgan fingerprint density at radius 3 is 2.89 bits per heavy atom. The number of hydrogen-bond donors (Lipinski definition) is 1. The van der Waals surface area contributed by atoms with E-state index in [0.717, 1.165) is 37.0 Å². The van der Waals surface area contributed by atoms with E-state index in [1.807, 2.05) is 12.1 Å². The van der Waals surface area contributed by atoms with Crippen LogP contribution in [0.5, 0.6) is 5.75 Å². The molecule has 0 aliphatic carbocycles. The van der Waals surface area contributed by atoms with Crippen molar-refractivity contribution in [1.82, 2.24) is 10.2 Å². The number of nitrogens with zero attached hydrogens (tertiary/aromatic N) is 1. The van der Waals surface area contributed by atoms with Crippen molar-refractivity contribution >= 4 is 24.0 Å². The highest BCUT2D eigenvalue weighted by Crippen LogP contribution is 2.24. The van der Waals surface area contributed by atoms with Gasteiger partial charge in [0.25, 0.3) is 0 Å². The smallest absolute Gasteiger partial charge is 0.120 e. The van der Waals surface area contributed by atoms with Crippen molar-refractivity contribution < 1.29 is 4.74 Å². The molecule has 1 aromatic rings. The Kier molecular flexibility index (Phi) is 6.22. The van der Waals surface area contributed by atoms with E-state index in [9.17, 15) is 0 Å². The summed E-state index contributed by atoms with van der Waals surface area (Å²) < 4.78 is 5.15. The van der Waals surface area contributed by atoms with Crippen LogP contribution in [-0.4, -0.2) is 37.7 Å². The van der Waals surface area contributed by atoms with Gasteiger partial charge < -0.3 is 10.1 Å². The minimum absolute atomic E-state index is 0. The molecule has 0 saturated carbocycles. The Labute approximate surface area is 120 Å². The molecule has 3 nitrogen and oxygen atoms in total. The van der Waals surface area contributed by atoms with Crippen LogP contribution in [0, 0.1) is 0 Å². The van der Waals surface area contributed by atoms with E-state index in [4.69, 9.17) is 16.3 Å². The molecule has 1 aliphatic heterocycles. The number of piperazine rings is 1. The van der Waals surface area contributed by atoms with Crippen LogP contribution in [0.1, 0.15) is 12.5 Å². The fourth-order valence-electron chi connectivity index (χ4n) is 2.12. The fraction of sp³-hybridized carbons (Fsp3) is 0.538. The van der Waals surface area contributed by atoms with Crippen molar-refractivity contribution in [2.45, 2.75) is 19.5 Å². The van der Waals surface area contributed by atoms with Crippen LogP contribution < -0.4 is 10.1 Å². The van der Waals surface area contributed by atoms with Gasteiger partial charge >= 0.3 is 0 Å². The molecule has 2 rings (SSSR count). The second-order valence-corrected chi connectivity index (χ2v) is 4.89. The Bertz CT molecular complexity index is 387. The van der Waals surface area contributed by atoms with Crippen LogP contribution >= 0.6 is 24.0 Å². The zero-order valence-corrected chi connectivity index (χ0v) is 12.4. The molecular formula is C13H20Cl2N2O. The molecule has 1 aliphatic rings. The Morgan fingerprint density at radius 1 is 1.50 bits per heavy atom. The van der Waals surface area contributed by atoms with Gasteiger partial charge in [0.2, 0.25) is 0 Å². The molecule has 0 spiro atoms. The molecule has 0 amide bonds. The van der Waals surface area contributed by atoms with Gasteiger partial charge in [-0.3, -0.25) is 4.90 Å². The van der Waals surface area contributed by atoms with E-state index < -0.39 is 0 Å². The number of methoxy groups -OCH3 is 1. The second-order valence-electron chi connectivity index (χ2n) is 4.48. The Balaban J connectivity index is 0.00000162. The summed E-state index contributed by atoms with van der Waals surface area (Å²) in [5, 5.41) is 4.18. The largest absolute Gasteiger partial charge is 0.497 e. The molecule has 0 bridgehead atoms. The van der Waals surface area contributed by atoms with E-state index in [0.29, 0.717) is 6.04 Å². The summed E-state index contributed by atoms with van der Waals surface area (Å²) in [6, 6.07) is 6.45. The molecule has 0 radical (unpaired) electrons. The maximum atomic E-state index is 6.25. The summed E-state index contributed by atoms with van der Waals surface area (Å²) in [5.74, 6) is 0.812. The van der Waals surface area contributed by atoms with Gasteiger partial charge in [-0.05, 0) is 24.6 Å². The normalized spacial score (nSPS) is 20.3. The number of ether oxygens (including phenoxy) is 1. The van der Waals surface area contributed by atoms with Crippen molar-refractivity contribution in [3.05, 3.63) is 28.8 Å². The van der Waals surface area contributed by atoms with Gasteiger partial charge in [-0.25, -0.2) is 0 Å². The van der Waals surface area contributed by atoms with Gasteiger partial charge in [-0.2, -0.15) is 0 Å². The first-order chi connectivity index (χ1) is 8.20. The van der Waals surface area contributed by atoms with E-state index in [2.05, 4.69) is 23.2 Å². The number of rotatable bonds is 3. The van der Waals surface area contributed by atoms with Crippen LogP contribution in [0.15, 0.2) is 18.2 Å². The summed E-state index contributed by atoms with van der Waals surface area (Å²) in [6.07, 6.45) is 0. The second kappa shape index (κ2) is 7.19. The third kappa shape index (κ3) is 3.75. The van der Waals surface area contributed by atoms with Crippen LogP contribution in [0.4, 0.5) is 0 Å². The lowest BCUT2D eigenvalue weighted by Crippen LogP contribution is -2.49. The molecule has 1 aromatic carbocycles. The van der Waals surface area contributed by atoms with E-state index in [-0.39, 0.29) is 12.4 Å². The van der Waals surface area contributed by atoms with Crippen LogP contribution in [0.2, 0.25) is 5.02 Å². The number of hydrogen-bond acceptors (Lipinski definition) is 3. The number of nitrogens with one attached hydrogen (secondary N) is 1. The van der Waals surface area contributed by atoms with Crippen LogP contribution in [0.3, 0.4) is 0 Å². The molecule has 0 unspecified atom stereocenters. The quantitative estimate of drug-likeness (QED) is 0.926. The van der Waals surface area contributed by atoms with Gasteiger partial charge in [0.05, 0.1) is 7.11 Å². The minimum atomic E-state index is 0. The van der Waals surface area contributed by atoms with Crippen molar-refractivity contribution in [2.75, 3.05) is 26.7 Å². The van der Waals surface area contributed by atoms with Gasteiger partial charge in [-0.1, -0.05) is 17.7 Å². The molecule has 1 heterocycles. The van der Waals surface area contributed by atoms with Gasteiger partial charge in [0, 0.05) is 37.2 Å². The van der Waals surface area contributed by atoms with Crippen molar-refractivity contribution in [2.24, 2.45) is 0 Å². The first-order valence-electron chi connectivity index (χ1n) is 5.98. The first-order valence-corrected chi connectivity index (χ1v) is 6.35. The average Bonchev–Trinajstić information content (AvgIpc) is 2.34. The molecule has 1 atom stereocenters. The standard InChI is InChI=1S/C13H19ClN2O.ClH/c1-10-8-15-5-6-16(10)9-11-3-4-12(17-2)7-13(11)14;/h3-4,7,10,15H,5-6,8-9H2,1-2H3;1H/t10-;/m0./s1. The summed E-state index contributed by atoms with van der Waals surface area (Å²) >= 11 is 6.25. The Morgan fingerprint density at radius 2 is 2.28 bits per heavy atom. The van der Waals surface area contributed by atoms with Crippen molar-refractivity contribution in [1.29, 1.82) is 0 Å². The van der Waals surface area contributed by atoms with E-state index in [1.54, 1.807) is 7.11 Å². The van der Waals surface area contributed by atoms with Crippen molar-refractivity contribution in [3.63, 3.8) is 0 Å². The highest BCUT2D eigenvalue weighted by molar-refractivity contribution is 6.31. The predicted octanol–water partition coefficient (Wildman–Crippen LogP) is 2.56. The molecule has 1 saturated heterocycles. The summed E-state index contributed by atoms with van der Waals surface area (Å²) in [5.41, 5.74) is 1.17. The molecule has 0 aromatic heterocycles. The molecule has 5 heteroatoms. The average molecular weight is 291 g/mol. The highest BCUT2D eigenvalue weighted by Gasteiger charge is 2.18. The third-order valence-electron chi connectivity index (χ3n) is 3.27. The summed E-state index contributed by atoms with van der Waals surface area (Å²) in [4.78, 5) is 2.45. The van der Waals surface area contributed by atoms with Gasteiger partial charge in [-0.15, -0.1) is 12.4 Å². The zero-order valence-electron chi connectivity index (χ0n) is 10.8. The maximum absolute atomic E-state index is 6.25. The number of benzene rings is 1. The molecule has 18 heavy (non-hydrogen) atoms. The minimum Gasteiger partial charge on any atom is -0.497 e. The van der Waals surface area contributed by atoms with E-state index >= 15 is 0 Å². The summed E-state index contributed by atoms with van der Waals surface area (Å²) in [7, 11) is 1.66. The SMILES string of the molecule is COc1ccc(CN2CCNC[C@@H]2C)c(Cl)c1.Cl. The lowest BCUT2D eigenvalue weighted by Gasteiger charge is -2.34. The van der Waals surface area contributed by atoms with Crippen LogP contribution in [0.25, 0.3) is 0 Å². The lowest BCUT2D eigenvalue weighted by atomic mass is 10.1. The predicted molar refractivity (Wildman–Crippen MR) is 78.0 cm³/mol. The molecule has 102 valence electrons. The fourth-order valence-corrected chi connectivity index (χ4v) is 2.35.